The van der Waals surface area contributed by atoms with Gasteiger partial charge < -0.3 is 9.84 Å². The second-order valence-electron chi connectivity index (χ2n) is 3.83. The van der Waals surface area contributed by atoms with Crippen molar-refractivity contribution in [3.8, 4) is 0 Å². The molecule has 0 saturated heterocycles. The van der Waals surface area contributed by atoms with Gasteiger partial charge in [0.05, 0.1) is 26.8 Å². The molecule has 0 bridgehead atoms. The Kier molecular flexibility index (Phi) is 5.79. The fourth-order valence-corrected chi connectivity index (χ4v) is 1.39. The maximum Gasteiger partial charge on any atom is 0.373 e. The summed E-state index contributed by atoms with van der Waals surface area (Å²) in [5.41, 5.74) is 0.259. The Morgan fingerprint density at radius 3 is 2.48 bits per heavy atom. The third-order valence-electron chi connectivity index (χ3n) is 2.43. The minimum Gasteiger partial charge on any atom is -0.502 e. The SMILES string of the molecule is COC(=O)C(O)=CC(=O)N(Cc1ccc(F)c(F)c1)OC. The molecule has 6 nitrogen and oxygen atoms in total. The van der Waals surface area contributed by atoms with Gasteiger partial charge in [-0.2, -0.15) is 0 Å². The zero-order valence-electron chi connectivity index (χ0n) is 11.3. The van der Waals surface area contributed by atoms with Gasteiger partial charge in [-0.1, -0.05) is 6.07 Å². The number of amides is 1. The summed E-state index contributed by atoms with van der Waals surface area (Å²) in [7, 11) is 2.20. The molecular formula is C13H13F2NO5. The van der Waals surface area contributed by atoms with E-state index in [9.17, 15) is 23.5 Å². The minimum atomic E-state index is -1.09. The van der Waals surface area contributed by atoms with Crippen LogP contribution in [0.2, 0.25) is 0 Å². The van der Waals surface area contributed by atoms with E-state index in [4.69, 9.17) is 4.84 Å². The molecule has 1 aromatic rings. The van der Waals surface area contributed by atoms with Gasteiger partial charge in [-0.15, -0.1) is 0 Å². The highest BCUT2D eigenvalue weighted by Crippen LogP contribution is 2.11. The first-order chi connectivity index (χ1) is 9.88. The van der Waals surface area contributed by atoms with Crippen molar-refractivity contribution in [3.05, 3.63) is 47.2 Å². The third-order valence-corrected chi connectivity index (χ3v) is 2.43. The van der Waals surface area contributed by atoms with Crippen molar-refractivity contribution in [2.24, 2.45) is 0 Å². The van der Waals surface area contributed by atoms with Gasteiger partial charge >= 0.3 is 5.97 Å². The normalized spacial score (nSPS) is 11.1. The van der Waals surface area contributed by atoms with Crippen LogP contribution >= 0.6 is 0 Å². The molecule has 1 N–H and O–H groups in total. The molecule has 1 amide bonds. The van der Waals surface area contributed by atoms with E-state index < -0.39 is 29.3 Å². The summed E-state index contributed by atoms with van der Waals surface area (Å²) in [6, 6.07) is 3.07. The summed E-state index contributed by atoms with van der Waals surface area (Å²) in [5, 5.41) is 9.99. The fraction of sp³-hybridized carbons (Fsp3) is 0.231. The monoisotopic (exact) mass is 301 g/mol. The van der Waals surface area contributed by atoms with Gasteiger partial charge in [-0.3, -0.25) is 9.63 Å². The highest BCUT2D eigenvalue weighted by molar-refractivity contribution is 5.96. The first-order valence-corrected chi connectivity index (χ1v) is 5.67. The number of halogens is 2. The van der Waals surface area contributed by atoms with Crippen LogP contribution in [-0.2, 0) is 25.7 Å². The zero-order valence-corrected chi connectivity index (χ0v) is 11.3. The van der Waals surface area contributed by atoms with Crippen LogP contribution in [0.25, 0.3) is 0 Å². The lowest BCUT2D eigenvalue weighted by molar-refractivity contribution is -0.173. The van der Waals surface area contributed by atoms with Crippen molar-refractivity contribution in [2.75, 3.05) is 14.2 Å². The van der Waals surface area contributed by atoms with E-state index in [1.54, 1.807) is 0 Å². The number of aliphatic hydroxyl groups excluding tert-OH is 1. The van der Waals surface area contributed by atoms with Gasteiger partial charge in [0.15, 0.2) is 11.6 Å². The number of ether oxygens (including phenoxy) is 1. The summed E-state index contributed by atoms with van der Waals surface area (Å²) in [6.45, 7) is -0.211. The Morgan fingerprint density at radius 2 is 1.95 bits per heavy atom. The Labute approximate surface area is 119 Å². The van der Waals surface area contributed by atoms with Gasteiger partial charge in [0, 0.05) is 0 Å². The number of esters is 1. The molecule has 0 spiro atoms. The van der Waals surface area contributed by atoms with Crippen LogP contribution in [0.3, 0.4) is 0 Å². The largest absolute Gasteiger partial charge is 0.502 e. The van der Waals surface area contributed by atoms with Crippen LogP contribution in [0.15, 0.2) is 30.0 Å². The van der Waals surface area contributed by atoms with Gasteiger partial charge in [0.25, 0.3) is 5.91 Å². The van der Waals surface area contributed by atoms with E-state index in [0.29, 0.717) is 6.08 Å². The predicted molar refractivity (Wildman–Crippen MR) is 66.6 cm³/mol. The molecule has 0 unspecified atom stereocenters. The van der Waals surface area contributed by atoms with Crippen LogP contribution < -0.4 is 0 Å². The maximum atomic E-state index is 13.1. The van der Waals surface area contributed by atoms with Gasteiger partial charge in [-0.25, -0.2) is 18.6 Å². The van der Waals surface area contributed by atoms with Crippen molar-refractivity contribution in [3.63, 3.8) is 0 Å². The van der Waals surface area contributed by atoms with Crippen molar-refractivity contribution < 1.29 is 33.1 Å². The van der Waals surface area contributed by atoms with Crippen molar-refractivity contribution in [2.45, 2.75) is 6.54 Å². The number of carbonyl (C=O) groups excluding carboxylic acids is 2. The van der Waals surface area contributed by atoms with E-state index in [1.807, 2.05) is 0 Å². The number of nitrogens with zero attached hydrogens (tertiary/aromatic N) is 1. The Morgan fingerprint density at radius 1 is 1.29 bits per heavy atom. The molecule has 21 heavy (non-hydrogen) atoms. The van der Waals surface area contributed by atoms with Crippen molar-refractivity contribution in [1.29, 1.82) is 0 Å². The second kappa shape index (κ2) is 7.34. The van der Waals surface area contributed by atoms with Crippen LogP contribution in [0.5, 0.6) is 0 Å². The Hall–Kier alpha value is -2.48. The third kappa shape index (κ3) is 4.53. The maximum absolute atomic E-state index is 13.1. The molecular weight excluding hydrogens is 288 g/mol. The standard InChI is InChI=1S/C13H13F2NO5/c1-20-13(19)11(17)6-12(18)16(21-2)7-8-3-4-9(14)10(15)5-8/h3-6,17H,7H2,1-2H3. The van der Waals surface area contributed by atoms with Crippen LogP contribution in [0.1, 0.15) is 5.56 Å². The minimum absolute atomic E-state index is 0.211. The molecule has 0 atom stereocenters. The number of methoxy groups -OCH3 is 1. The zero-order chi connectivity index (χ0) is 16.0. The molecule has 0 saturated carbocycles. The quantitative estimate of drug-likeness (QED) is 0.386. The van der Waals surface area contributed by atoms with Gasteiger partial charge in [-0.05, 0) is 17.7 Å². The van der Waals surface area contributed by atoms with Crippen LogP contribution in [0, 0.1) is 11.6 Å². The smallest absolute Gasteiger partial charge is 0.373 e. The molecule has 0 radical (unpaired) electrons. The van der Waals surface area contributed by atoms with E-state index in [1.165, 1.54) is 13.2 Å². The highest BCUT2D eigenvalue weighted by Gasteiger charge is 2.16. The molecule has 1 aromatic carbocycles. The molecule has 0 heterocycles. The lowest BCUT2D eigenvalue weighted by Crippen LogP contribution is -2.28. The molecule has 0 aliphatic rings. The summed E-state index contributed by atoms with van der Waals surface area (Å²) >= 11 is 0. The predicted octanol–water partition coefficient (Wildman–Crippen LogP) is 1.47. The van der Waals surface area contributed by atoms with Gasteiger partial charge in [0.1, 0.15) is 0 Å². The number of hydrogen-bond donors (Lipinski definition) is 1. The van der Waals surface area contributed by atoms with Crippen LogP contribution in [0.4, 0.5) is 8.78 Å². The number of hydroxylamine groups is 2. The molecule has 0 aliphatic heterocycles. The number of benzene rings is 1. The number of aliphatic hydroxyl groups is 1. The summed E-state index contributed by atoms with van der Waals surface area (Å²) in [5.74, 6) is -4.95. The topological polar surface area (TPSA) is 76.1 Å². The summed E-state index contributed by atoms with van der Waals surface area (Å²) < 4.78 is 30.1. The van der Waals surface area contributed by atoms with Crippen molar-refractivity contribution >= 4 is 11.9 Å². The lowest BCUT2D eigenvalue weighted by atomic mass is 10.2. The molecule has 0 aromatic heterocycles. The number of rotatable bonds is 5. The summed E-state index contributed by atoms with van der Waals surface area (Å²) in [6.07, 6.45) is 0.592. The average molecular weight is 301 g/mol. The molecule has 1 rings (SSSR count). The van der Waals surface area contributed by atoms with E-state index >= 15 is 0 Å². The second-order valence-corrected chi connectivity index (χ2v) is 3.83. The highest BCUT2D eigenvalue weighted by atomic mass is 19.2. The first-order valence-electron chi connectivity index (χ1n) is 5.67. The Bertz CT molecular complexity index is 574. The first kappa shape index (κ1) is 16.6. The molecule has 0 fully saturated rings. The average Bonchev–Trinajstić information content (AvgIpc) is 2.47. The van der Waals surface area contributed by atoms with E-state index in [-0.39, 0.29) is 12.1 Å². The van der Waals surface area contributed by atoms with E-state index in [2.05, 4.69) is 4.74 Å². The lowest BCUT2D eigenvalue weighted by Gasteiger charge is -2.18. The Balaban J connectivity index is 2.85. The molecule has 0 aliphatic carbocycles. The van der Waals surface area contributed by atoms with Crippen molar-refractivity contribution in [1.82, 2.24) is 5.06 Å². The number of hydrogen-bond acceptors (Lipinski definition) is 5. The number of carbonyl (C=O) groups is 2. The van der Waals surface area contributed by atoms with Crippen LogP contribution in [-0.4, -0.2) is 36.3 Å². The molecule has 8 heteroatoms. The van der Waals surface area contributed by atoms with Gasteiger partial charge in [0.2, 0.25) is 5.76 Å². The van der Waals surface area contributed by atoms with E-state index in [0.717, 1.165) is 24.3 Å². The summed E-state index contributed by atoms with van der Waals surface area (Å²) in [4.78, 5) is 27.5. The molecule has 114 valence electrons. The fourth-order valence-electron chi connectivity index (χ4n) is 1.39.